The number of nitrogens with zero attached hydrogens (tertiary/aromatic N) is 1. The molecule has 1 aliphatic heterocycles. The van der Waals surface area contributed by atoms with Crippen molar-refractivity contribution in [2.45, 2.75) is 62.5 Å². The third-order valence-electron chi connectivity index (χ3n) is 7.80. The summed E-state index contributed by atoms with van der Waals surface area (Å²) >= 11 is 0. The van der Waals surface area contributed by atoms with Crippen molar-refractivity contribution < 1.29 is 14.6 Å². The van der Waals surface area contributed by atoms with Crippen LogP contribution in [0.25, 0.3) is 0 Å². The van der Waals surface area contributed by atoms with Gasteiger partial charge < -0.3 is 20.1 Å². The third kappa shape index (κ3) is 3.28. The zero-order chi connectivity index (χ0) is 19.3. The van der Waals surface area contributed by atoms with Gasteiger partial charge in [0.25, 0.3) is 0 Å². The Hall–Kier alpha value is -1.75. The average molecular weight is 385 g/mol. The van der Waals surface area contributed by atoms with Gasteiger partial charge in [-0.2, -0.15) is 0 Å². The minimum atomic E-state index is -0.539. The number of nitrogens with one attached hydrogen (secondary N) is 1. The molecule has 5 nitrogen and oxygen atoms in total. The first-order valence-corrected chi connectivity index (χ1v) is 10.9. The van der Waals surface area contributed by atoms with Gasteiger partial charge in [0, 0.05) is 24.5 Å². The zero-order valence-electron chi connectivity index (χ0n) is 16.8. The van der Waals surface area contributed by atoms with E-state index in [9.17, 15) is 9.90 Å². The number of methoxy groups -OCH3 is 1. The topological polar surface area (TPSA) is 61.8 Å². The quantitative estimate of drug-likeness (QED) is 0.838. The van der Waals surface area contributed by atoms with E-state index >= 15 is 0 Å². The van der Waals surface area contributed by atoms with Crippen LogP contribution in [0.3, 0.4) is 0 Å². The summed E-state index contributed by atoms with van der Waals surface area (Å²) in [5, 5.41) is 14.2. The van der Waals surface area contributed by atoms with Crippen molar-refractivity contribution in [2.24, 2.45) is 17.8 Å². The molecule has 2 amide bonds. The summed E-state index contributed by atoms with van der Waals surface area (Å²) < 4.78 is 5.32. The lowest BCUT2D eigenvalue weighted by Gasteiger charge is -2.57. The number of aliphatic hydroxyl groups is 1. The molecule has 1 aromatic rings. The Labute approximate surface area is 167 Å². The van der Waals surface area contributed by atoms with Crippen LogP contribution in [-0.2, 0) is 0 Å². The van der Waals surface area contributed by atoms with E-state index in [0.29, 0.717) is 13.1 Å². The van der Waals surface area contributed by atoms with Gasteiger partial charge in [0.2, 0.25) is 0 Å². The van der Waals surface area contributed by atoms with Crippen LogP contribution in [0.2, 0.25) is 0 Å². The molecular formula is C23H32N2O3. The number of piperidine rings is 1. The number of rotatable bonds is 3. The van der Waals surface area contributed by atoms with Crippen molar-refractivity contribution in [3.63, 3.8) is 0 Å². The predicted octanol–water partition coefficient (Wildman–Crippen LogP) is 3.52. The van der Waals surface area contributed by atoms with Crippen molar-refractivity contribution >= 4 is 6.03 Å². The molecule has 2 atom stereocenters. The summed E-state index contributed by atoms with van der Waals surface area (Å²) in [6, 6.07) is 7.96. The van der Waals surface area contributed by atoms with Crippen LogP contribution in [0.1, 0.15) is 56.4 Å². The molecule has 1 aromatic carbocycles. The number of hydrogen-bond acceptors (Lipinski definition) is 3. The van der Waals surface area contributed by atoms with E-state index < -0.39 is 6.10 Å². The van der Waals surface area contributed by atoms with Crippen molar-refractivity contribution in [1.29, 1.82) is 0 Å². The van der Waals surface area contributed by atoms with E-state index in [1.54, 1.807) is 7.11 Å². The molecule has 2 unspecified atom stereocenters. The lowest BCUT2D eigenvalue weighted by molar-refractivity contribution is -0.0179. The minimum absolute atomic E-state index is 0.0282. The lowest BCUT2D eigenvalue weighted by atomic mass is 9.53. The van der Waals surface area contributed by atoms with Crippen LogP contribution in [-0.4, -0.2) is 47.9 Å². The Morgan fingerprint density at radius 3 is 2.46 bits per heavy atom. The molecule has 152 valence electrons. The summed E-state index contributed by atoms with van der Waals surface area (Å²) in [5.74, 6) is 3.31. The highest BCUT2D eigenvalue weighted by Gasteiger charge is 2.52. The van der Waals surface area contributed by atoms with Gasteiger partial charge in [-0.15, -0.1) is 0 Å². The number of likely N-dealkylation sites (tertiary alicyclic amines) is 1. The first-order chi connectivity index (χ1) is 13.5. The second kappa shape index (κ2) is 6.94. The molecule has 0 radical (unpaired) electrons. The van der Waals surface area contributed by atoms with Gasteiger partial charge in [-0.1, -0.05) is 12.1 Å². The van der Waals surface area contributed by atoms with Crippen LogP contribution in [0.5, 0.6) is 5.75 Å². The van der Waals surface area contributed by atoms with E-state index in [0.717, 1.165) is 54.7 Å². The van der Waals surface area contributed by atoms with Crippen molar-refractivity contribution in [1.82, 2.24) is 10.2 Å². The summed E-state index contributed by atoms with van der Waals surface area (Å²) in [7, 11) is 1.66. The fourth-order valence-electron chi connectivity index (χ4n) is 6.95. The van der Waals surface area contributed by atoms with Gasteiger partial charge in [0.1, 0.15) is 5.75 Å². The Kier molecular flexibility index (Phi) is 4.53. The monoisotopic (exact) mass is 384 g/mol. The summed E-state index contributed by atoms with van der Waals surface area (Å²) in [6.45, 7) is 1.09. The zero-order valence-corrected chi connectivity index (χ0v) is 16.8. The van der Waals surface area contributed by atoms with E-state index in [2.05, 4.69) is 5.32 Å². The maximum Gasteiger partial charge on any atom is 0.317 e. The molecule has 4 saturated carbocycles. The number of carbonyl (C=O) groups excluding carboxylic acids is 1. The van der Waals surface area contributed by atoms with Crippen molar-refractivity contribution in [3.05, 3.63) is 29.8 Å². The first kappa shape index (κ1) is 18.3. The molecule has 0 spiro atoms. The largest absolute Gasteiger partial charge is 0.497 e. The maximum absolute atomic E-state index is 13.1. The van der Waals surface area contributed by atoms with Crippen molar-refractivity contribution in [2.75, 3.05) is 20.2 Å². The fourth-order valence-corrected chi connectivity index (χ4v) is 6.95. The van der Waals surface area contributed by atoms with Gasteiger partial charge in [-0.25, -0.2) is 4.79 Å². The van der Waals surface area contributed by atoms with Crippen LogP contribution in [0.15, 0.2) is 24.3 Å². The van der Waals surface area contributed by atoms with Gasteiger partial charge in [0.15, 0.2) is 0 Å². The molecule has 4 bridgehead atoms. The van der Waals surface area contributed by atoms with Crippen LogP contribution in [0.4, 0.5) is 4.79 Å². The molecule has 1 heterocycles. The highest BCUT2D eigenvalue weighted by Crippen LogP contribution is 2.55. The number of aliphatic hydroxyl groups excluding tert-OH is 1. The smallest absolute Gasteiger partial charge is 0.317 e. The summed E-state index contributed by atoms with van der Waals surface area (Å²) in [4.78, 5) is 14.9. The molecule has 6 rings (SSSR count). The molecule has 1 saturated heterocycles. The van der Waals surface area contributed by atoms with E-state index in [-0.39, 0.29) is 17.5 Å². The Morgan fingerprint density at radius 1 is 1.18 bits per heavy atom. The summed E-state index contributed by atoms with van der Waals surface area (Å²) in [6.07, 6.45) is 7.85. The normalized spacial score (nSPS) is 39.1. The van der Waals surface area contributed by atoms with E-state index in [4.69, 9.17) is 4.74 Å². The number of urea groups is 1. The van der Waals surface area contributed by atoms with Crippen LogP contribution < -0.4 is 10.1 Å². The Bertz CT molecular complexity index is 714. The van der Waals surface area contributed by atoms with E-state index in [1.807, 2.05) is 29.2 Å². The molecule has 2 N–H and O–H groups in total. The van der Waals surface area contributed by atoms with Gasteiger partial charge in [-0.05, 0) is 80.4 Å². The molecule has 5 aliphatic rings. The molecule has 5 fully saturated rings. The second-order valence-corrected chi connectivity index (χ2v) is 9.81. The Balaban J connectivity index is 1.23. The van der Waals surface area contributed by atoms with Crippen LogP contribution in [0, 0.1) is 17.8 Å². The average Bonchev–Trinajstić information content (AvgIpc) is 2.66. The first-order valence-electron chi connectivity index (χ1n) is 10.9. The summed E-state index contributed by atoms with van der Waals surface area (Å²) in [5.41, 5.74) is 1.12. The van der Waals surface area contributed by atoms with Gasteiger partial charge in [-0.3, -0.25) is 0 Å². The van der Waals surface area contributed by atoms with Gasteiger partial charge in [0.05, 0.1) is 13.2 Å². The standard InChI is InChI=1S/C23H32N2O3/c1-28-19-4-2-3-18(10-19)20-5-6-25(14-21(20)26)22(27)24-23-11-15-7-16(12-23)9-17(8-15)13-23/h2-4,10,15-17,20-21,26H,5-9,11-14H2,1H3,(H,24,27). The highest BCUT2D eigenvalue weighted by molar-refractivity contribution is 5.75. The van der Waals surface area contributed by atoms with Crippen molar-refractivity contribution in [3.8, 4) is 5.75 Å². The van der Waals surface area contributed by atoms with Gasteiger partial charge >= 0.3 is 6.03 Å². The Morgan fingerprint density at radius 2 is 1.86 bits per heavy atom. The SMILES string of the molecule is COc1cccc(C2CCN(C(=O)NC34CC5CC(CC(C5)C3)C4)CC2O)c1. The van der Waals surface area contributed by atoms with E-state index in [1.165, 1.54) is 19.3 Å². The minimum Gasteiger partial charge on any atom is -0.497 e. The highest BCUT2D eigenvalue weighted by atomic mass is 16.5. The predicted molar refractivity (Wildman–Crippen MR) is 107 cm³/mol. The number of amides is 2. The number of β-amino-alcohol motifs (C(OH)–C–C–N with tert-alkyl or cyclic N) is 1. The third-order valence-corrected chi connectivity index (χ3v) is 7.80. The lowest BCUT2D eigenvalue weighted by Crippen LogP contribution is -2.63. The number of hydrogen-bond donors (Lipinski definition) is 2. The molecule has 0 aromatic heterocycles. The number of benzene rings is 1. The molecule has 5 heteroatoms. The molecule has 4 aliphatic carbocycles. The maximum atomic E-state index is 13.1. The number of carbonyl (C=O) groups is 1. The van der Waals surface area contributed by atoms with Crippen LogP contribution >= 0.6 is 0 Å². The molecular weight excluding hydrogens is 352 g/mol. The fraction of sp³-hybridized carbons (Fsp3) is 0.696. The molecule has 28 heavy (non-hydrogen) atoms. The number of ether oxygens (including phenoxy) is 1. The second-order valence-electron chi connectivity index (χ2n) is 9.81.